The summed E-state index contributed by atoms with van der Waals surface area (Å²) in [5, 5.41) is 14.2. The molecule has 5 heteroatoms. The van der Waals surface area contributed by atoms with Crippen molar-refractivity contribution in [2.24, 2.45) is 7.05 Å². The first-order valence-corrected chi connectivity index (χ1v) is 4.20. The third-order valence-corrected chi connectivity index (χ3v) is 1.81. The number of hydrogen-bond acceptors (Lipinski definition) is 4. The molecular formula is C8H13N5. The number of anilines is 1. The van der Waals surface area contributed by atoms with Gasteiger partial charge in [0, 0.05) is 19.5 Å². The molecule has 0 saturated heterocycles. The Labute approximate surface area is 77.5 Å². The molecule has 0 radical (unpaired) electrons. The van der Waals surface area contributed by atoms with E-state index in [9.17, 15) is 0 Å². The lowest BCUT2D eigenvalue weighted by molar-refractivity contribution is 0.675. The van der Waals surface area contributed by atoms with Crippen LogP contribution < -0.4 is 5.32 Å². The maximum atomic E-state index is 5.22. The summed E-state index contributed by atoms with van der Waals surface area (Å²) >= 11 is 0. The quantitative estimate of drug-likeness (QED) is 0.681. The second-order valence-electron chi connectivity index (χ2n) is 2.78. The third-order valence-electron chi connectivity index (χ3n) is 1.81. The highest BCUT2D eigenvalue weighted by atomic mass is 15.6. The van der Waals surface area contributed by atoms with Crippen LogP contribution in [0.2, 0.25) is 0 Å². The molecule has 1 aromatic heterocycles. The molecule has 0 aliphatic heterocycles. The van der Waals surface area contributed by atoms with Crippen LogP contribution in [0.1, 0.15) is 19.8 Å². The van der Waals surface area contributed by atoms with Gasteiger partial charge in [-0.1, -0.05) is 12.0 Å². The van der Waals surface area contributed by atoms with Crippen LogP contribution in [-0.2, 0) is 7.05 Å². The second-order valence-corrected chi connectivity index (χ2v) is 2.78. The zero-order chi connectivity index (χ0) is 9.68. The van der Waals surface area contributed by atoms with E-state index in [1.54, 1.807) is 11.7 Å². The lowest BCUT2D eigenvalue weighted by Gasteiger charge is -2.12. The van der Waals surface area contributed by atoms with Gasteiger partial charge in [-0.15, -0.1) is 12.3 Å². The smallest absolute Gasteiger partial charge is 0.242 e. The van der Waals surface area contributed by atoms with Crippen molar-refractivity contribution in [1.29, 1.82) is 0 Å². The van der Waals surface area contributed by atoms with E-state index in [0.717, 1.165) is 6.42 Å². The first kappa shape index (κ1) is 9.52. The number of nitrogens with one attached hydrogen (secondary N) is 1. The van der Waals surface area contributed by atoms with Crippen LogP contribution in [0.3, 0.4) is 0 Å². The third kappa shape index (κ3) is 2.44. The van der Waals surface area contributed by atoms with Crippen molar-refractivity contribution in [3.63, 3.8) is 0 Å². The first-order valence-electron chi connectivity index (χ1n) is 4.20. The van der Waals surface area contributed by atoms with Crippen molar-refractivity contribution in [1.82, 2.24) is 20.2 Å². The molecule has 1 N–H and O–H groups in total. The molecule has 0 aromatic carbocycles. The summed E-state index contributed by atoms with van der Waals surface area (Å²) in [5.41, 5.74) is 0. The Hall–Kier alpha value is -1.57. The number of tetrazole rings is 1. The largest absolute Gasteiger partial charge is 0.349 e. The number of hydrogen-bond donors (Lipinski definition) is 1. The molecule has 1 heterocycles. The average molecular weight is 179 g/mol. The Morgan fingerprint density at radius 1 is 1.69 bits per heavy atom. The van der Waals surface area contributed by atoms with Crippen molar-refractivity contribution in [3.05, 3.63) is 0 Å². The standard InChI is InChI=1S/C8H13N5/c1-4-6-7(5-2)9-8-10-11-12-13(8)3/h1,7H,5-6H2,2-3H3,(H,9,10,12). The summed E-state index contributed by atoms with van der Waals surface area (Å²) in [5.74, 6) is 3.26. The lowest BCUT2D eigenvalue weighted by Crippen LogP contribution is -2.20. The Bertz CT molecular complexity index is 298. The van der Waals surface area contributed by atoms with Gasteiger partial charge in [0.1, 0.15) is 0 Å². The van der Waals surface area contributed by atoms with Gasteiger partial charge in [-0.05, 0) is 16.8 Å². The Balaban J connectivity index is 2.57. The van der Waals surface area contributed by atoms with Gasteiger partial charge in [-0.3, -0.25) is 0 Å². The van der Waals surface area contributed by atoms with E-state index in [1.807, 2.05) is 0 Å². The van der Waals surface area contributed by atoms with Crippen LogP contribution in [0.15, 0.2) is 0 Å². The van der Waals surface area contributed by atoms with Crippen molar-refractivity contribution in [2.45, 2.75) is 25.8 Å². The van der Waals surface area contributed by atoms with E-state index >= 15 is 0 Å². The molecular weight excluding hydrogens is 166 g/mol. The summed E-state index contributed by atoms with van der Waals surface area (Å²) in [7, 11) is 1.78. The van der Waals surface area contributed by atoms with E-state index in [1.165, 1.54) is 0 Å². The van der Waals surface area contributed by atoms with Crippen molar-refractivity contribution in [3.8, 4) is 12.3 Å². The molecule has 0 spiro atoms. The zero-order valence-corrected chi connectivity index (χ0v) is 7.86. The van der Waals surface area contributed by atoms with Crippen molar-refractivity contribution < 1.29 is 0 Å². The molecule has 0 aliphatic rings. The predicted molar refractivity (Wildman–Crippen MR) is 49.9 cm³/mol. The Kier molecular flexibility index (Phi) is 3.26. The lowest BCUT2D eigenvalue weighted by atomic mass is 10.2. The van der Waals surface area contributed by atoms with E-state index in [2.05, 4.69) is 33.7 Å². The molecule has 0 aliphatic carbocycles. The van der Waals surface area contributed by atoms with Crippen LogP contribution in [0.25, 0.3) is 0 Å². The molecule has 5 nitrogen and oxygen atoms in total. The summed E-state index contributed by atoms with van der Waals surface area (Å²) in [6.07, 6.45) is 6.86. The van der Waals surface area contributed by atoms with E-state index in [4.69, 9.17) is 6.42 Å². The van der Waals surface area contributed by atoms with Crippen LogP contribution in [-0.4, -0.2) is 26.2 Å². The minimum Gasteiger partial charge on any atom is -0.349 e. The van der Waals surface area contributed by atoms with Gasteiger partial charge in [0.15, 0.2) is 0 Å². The molecule has 0 amide bonds. The van der Waals surface area contributed by atoms with E-state index in [-0.39, 0.29) is 6.04 Å². The minimum atomic E-state index is 0.245. The van der Waals surface area contributed by atoms with E-state index in [0.29, 0.717) is 12.4 Å². The predicted octanol–water partition coefficient (Wildman–Crippen LogP) is 0.424. The number of terminal acetylenes is 1. The van der Waals surface area contributed by atoms with Gasteiger partial charge < -0.3 is 5.32 Å². The van der Waals surface area contributed by atoms with Gasteiger partial charge in [0.25, 0.3) is 0 Å². The summed E-state index contributed by atoms with van der Waals surface area (Å²) < 4.78 is 1.58. The van der Waals surface area contributed by atoms with Crippen LogP contribution >= 0.6 is 0 Å². The Morgan fingerprint density at radius 3 is 2.92 bits per heavy atom. The second kappa shape index (κ2) is 4.45. The molecule has 13 heavy (non-hydrogen) atoms. The van der Waals surface area contributed by atoms with Crippen LogP contribution in [0.4, 0.5) is 5.95 Å². The van der Waals surface area contributed by atoms with Gasteiger partial charge >= 0.3 is 0 Å². The number of aromatic nitrogens is 4. The molecule has 0 fully saturated rings. The number of aryl methyl sites for hydroxylation is 1. The zero-order valence-electron chi connectivity index (χ0n) is 7.86. The maximum Gasteiger partial charge on any atom is 0.242 e. The topological polar surface area (TPSA) is 55.6 Å². The van der Waals surface area contributed by atoms with Crippen molar-refractivity contribution in [2.75, 3.05) is 5.32 Å². The average Bonchev–Trinajstić information content (AvgIpc) is 2.51. The van der Waals surface area contributed by atoms with E-state index < -0.39 is 0 Å². The molecule has 0 bridgehead atoms. The van der Waals surface area contributed by atoms with Gasteiger partial charge in [0.2, 0.25) is 5.95 Å². The van der Waals surface area contributed by atoms with Crippen LogP contribution in [0, 0.1) is 12.3 Å². The van der Waals surface area contributed by atoms with Gasteiger partial charge in [-0.2, -0.15) is 0 Å². The minimum absolute atomic E-state index is 0.245. The summed E-state index contributed by atoms with van der Waals surface area (Å²) in [6, 6.07) is 0.245. The van der Waals surface area contributed by atoms with Gasteiger partial charge in [-0.25, -0.2) is 4.68 Å². The fourth-order valence-corrected chi connectivity index (χ4v) is 0.974. The number of rotatable bonds is 4. The van der Waals surface area contributed by atoms with Crippen LogP contribution in [0.5, 0.6) is 0 Å². The molecule has 70 valence electrons. The SMILES string of the molecule is C#CCC(CC)Nc1nnnn1C. The summed E-state index contributed by atoms with van der Waals surface area (Å²) in [4.78, 5) is 0. The molecule has 1 atom stereocenters. The molecule has 1 rings (SSSR count). The highest BCUT2D eigenvalue weighted by Gasteiger charge is 2.07. The molecule has 1 unspecified atom stereocenters. The van der Waals surface area contributed by atoms with Gasteiger partial charge in [0.05, 0.1) is 0 Å². The normalized spacial score (nSPS) is 12.1. The Morgan fingerprint density at radius 2 is 2.46 bits per heavy atom. The van der Waals surface area contributed by atoms with Crippen molar-refractivity contribution >= 4 is 5.95 Å². The highest BCUT2D eigenvalue weighted by molar-refractivity contribution is 5.23. The highest BCUT2D eigenvalue weighted by Crippen LogP contribution is 2.05. The summed E-state index contributed by atoms with van der Waals surface area (Å²) in [6.45, 7) is 2.07. The molecule has 1 aromatic rings. The number of nitrogens with zero attached hydrogens (tertiary/aromatic N) is 4. The monoisotopic (exact) mass is 179 g/mol. The fraction of sp³-hybridized carbons (Fsp3) is 0.625. The fourth-order valence-electron chi connectivity index (χ4n) is 0.974. The molecule has 0 saturated carbocycles. The first-order chi connectivity index (χ1) is 6.27. The maximum absolute atomic E-state index is 5.22.